The van der Waals surface area contributed by atoms with Crippen LogP contribution in [0.2, 0.25) is 0 Å². The number of hydrogen-bond acceptors (Lipinski definition) is 4. The summed E-state index contributed by atoms with van der Waals surface area (Å²) < 4.78 is 29.2. The van der Waals surface area contributed by atoms with E-state index in [1.54, 1.807) is 24.3 Å². The summed E-state index contributed by atoms with van der Waals surface area (Å²) in [6.45, 7) is 2.14. The second-order valence-electron chi connectivity index (χ2n) is 7.46. The average Bonchev–Trinajstić information content (AvgIpc) is 2.70. The number of rotatable bonds is 17. The van der Waals surface area contributed by atoms with E-state index in [4.69, 9.17) is 9.29 Å². The van der Waals surface area contributed by atoms with Crippen molar-refractivity contribution >= 4 is 16.1 Å². The van der Waals surface area contributed by atoms with E-state index in [0.717, 1.165) is 69.8 Å². The Morgan fingerprint density at radius 2 is 1.43 bits per heavy atom. The van der Waals surface area contributed by atoms with Crippen LogP contribution in [0.25, 0.3) is 0 Å². The molecule has 0 radical (unpaired) electrons. The van der Waals surface area contributed by atoms with Gasteiger partial charge in [-0.3, -0.25) is 8.98 Å². The minimum absolute atomic E-state index is 0.210. The maximum Gasteiger partial charge on any atom is 0.303 e. The Morgan fingerprint density at radius 1 is 0.867 bits per heavy atom. The van der Waals surface area contributed by atoms with Crippen molar-refractivity contribution in [1.29, 1.82) is 0 Å². The summed E-state index contributed by atoms with van der Waals surface area (Å²) in [5.41, 5.74) is 1.02. The molecule has 30 heavy (non-hydrogen) atoms. The zero-order chi connectivity index (χ0) is 22.1. The highest BCUT2D eigenvalue weighted by Crippen LogP contribution is 2.14. The highest BCUT2D eigenvalue weighted by molar-refractivity contribution is 7.86. The van der Waals surface area contributed by atoms with Crippen molar-refractivity contribution in [3.05, 3.63) is 54.1 Å². The molecule has 0 unspecified atom stereocenters. The standard InChI is InChI=1S/C24H36O5S/c1-22-17-19-23(20-18-22)30(27,28)29-21-15-13-11-9-7-5-3-2-4-6-8-10-12-14-16-24(25)26/h2,4-5,7,17-20H,3,6,8-16,21H2,1H3,(H,25,26)/b4-2+,7-5+. The van der Waals surface area contributed by atoms with Crippen LogP contribution in [0.5, 0.6) is 0 Å². The largest absolute Gasteiger partial charge is 0.481 e. The van der Waals surface area contributed by atoms with Crippen LogP contribution in [0.4, 0.5) is 0 Å². The van der Waals surface area contributed by atoms with Gasteiger partial charge in [0.15, 0.2) is 0 Å². The van der Waals surface area contributed by atoms with E-state index in [0.29, 0.717) is 0 Å². The van der Waals surface area contributed by atoms with Gasteiger partial charge in [0.05, 0.1) is 11.5 Å². The minimum atomic E-state index is -3.65. The van der Waals surface area contributed by atoms with Gasteiger partial charge in [-0.2, -0.15) is 8.42 Å². The third-order valence-electron chi connectivity index (χ3n) is 4.68. The van der Waals surface area contributed by atoms with Gasteiger partial charge in [0.1, 0.15) is 0 Å². The molecule has 0 aliphatic heterocycles. The van der Waals surface area contributed by atoms with Crippen LogP contribution in [-0.2, 0) is 19.1 Å². The number of carboxylic acids is 1. The lowest BCUT2D eigenvalue weighted by Crippen LogP contribution is -2.07. The summed E-state index contributed by atoms with van der Waals surface area (Å²) in [7, 11) is -3.65. The molecule has 0 fully saturated rings. The zero-order valence-corrected chi connectivity index (χ0v) is 18.9. The molecule has 0 aromatic heterocycles. The van der Waals surface area contributed by atoms with Gasteiger partial charge < -0.3 is 5.11 Å². The number of aliphatic carboxylic acids is 1. The van der Waals surface area contributed by atoms with Gasteiger partial charge in [-0.25, -0.2) is 0 Å². The monoisotopic (exact) mass is 436 g/mol. The van der Waals surface area contributed by atoms with Crippen LogP contribution in [0.1, 0.15) is 76.2 Å². The van der Waals surface area contributed by atoms with Crippen molar-refractivity contribution in [2.45, 2.75) is 82.4 Å². The summed E-state index contributed by atoms with van der Waals surface area (Å²) >= 11 is 0. The van der Waals surface area contributed by atoms with Gasteiger partial charge in [0.2, 0.25) is 0 Å². The molecule has 0 heterocycles. The zero-order valence-electron chi connectivity index (χ0n) is 18.1. The molecule has 1 aromatic carbocycles. The Morgan fingerprint density at radius 3 is 2.03 bits per heavy atom. The first kappa shape index (κ1) is 26.1. The molecular formula is C24H36O5S. The molecule has 0 aliphatic rings. The maximum absolute atomic E-state index is 12.1. The summed E-state index contributed by atoms with van der Waals surface area (Å²) in [5, 5.41) is 8.56. The number of hydrogen-bond donors (Lipinski definition) is 1. The second-order valence-corrected chi connectivity index (χ2v) is 9.08. The van der Waals surface area contributed by atoms with Crippen molar-refractivity contribution in [3.8, 4) is 0 Å². The molecule has 1 aromatic rings. The highest BCUT2D eigenvalue weighted by atomic mass is 32.2. The number of benzene rings is 1. The van der Waals surface area contributed by atoms with E-state index in [2.05, 4.69) is 24.3 Å². The topological polar surface area (TPSA) is 80.7 Å². The number of carbonyl (C=O) groups is 1. The molecule has 168 valence electrons. The summed E-state index contributed by atoms with van der Waals surface area (Å²) in [6, 6.07) is 6.69. The first-order valence-corrected chi connectivity index (χ1v) is 12.3. The smallest absolute Gasteiger partial charge is 0.303 e. The fourth-order valence-electron chi connectivity index (χ4n) is 2.88. The Balaban J connectivity index is 1.97. The van der Waals surface area contributed by atoms with Crippen molar-refractivity contribution in [1.82, 2.24) is 0 Å². The minimum Gasteiger partial charge on any atom is -0.481 e. The molecule has 0 aliphatic carbocycles. The molecule has 1 rings (SSSR count). The first-order chi connectivity index (χ1) is 14.4. The van der Waals surface area contributed by atoms with Gasteiger partial charge >= 0.3 is 5.97 Å². The average molecular weight is 437 g/mol. The number of carboxylic acid groups (broad SMARTS) is 1. The third-order valence-corrected chi connectivity index (χ3v) is 6.01. The Hall–Kier alpha value is -1.92. The first-order valence-electron chi connectivity index (χ1n) is 10.9. The van der Waals surface area contributed by atoms with Gasteiger partial charge in [-0.15, -0.1) is 0 Å². The van der Waals surface area contributed by atoms with E-state index in [1.807, 2.05) is 6.92 Å². The molecule has 0 amide bonds. The summed E-state index contributed by atoms with van der Waals surface area (Å²) in [4.78, 5) is 10.6. The van der Waals surface area contributed by atoms with Crippen LogP contribution >= 0.6 is 0 Å². The van der Waals surface area contributed by atoms with Crippen LogP contribution in [0.3, 0.4) is 0 Å². The summed E-state index contributed by atoms with van der Waals surface area (Å²) in [5.74, 6) is -0.707. The molecule has 0 atom stereocenters. The van der Waals surface area contributed by atoms with Crippen LogP contribution in [0.15, 0.2) is 53.5 Å². The quantitative estimate of drug-likeness (QED) is 0.179. The number of unbranched alkanes of at least 4 members (excludes halogenated alkanes) is 7. The lowest BCUT2D eigenvalue weighted by atomic mass is 10.1. The van der Waals surface area contributed by atoms with E-state index in [1.165, 1.54) is 0 Å². The normalized spacial score (nSPS) is 12.2. The predicted molar refractivity (Wildman–Crippen MR) is 121 cm³/mol. The Labute approximate surface area is 182 Å². The molecule has 1 N–H and O–H groups in total. The predicted octanol–water partition coefficient (Wildman–Crippen LogP) is 6.19. The van der Waals surface area contributed by atoms with E-state index < -0.39 is 16.1 Å². The molecule has 0 bridgehead atoms. The number of aryl methyl sites for hydroxylation is 1. The van der Waals surface area contributed by atoms with Crippen molar-refractivity contribution in [2.24, 2.45) is 0 Å². The molecular weight excluding hydrogens is 400 g/mol. The second kappa shape index (κ2) is 15.9. The van der Waals surface area contributed by atoms with Crippen molar-refractivity contribution < 1.29 is 22.5 Å². The SMILES string of the molecule is Cc1ccc(S(=O)(=O)OCCCCC/C=C/C/C=C/CCCCCCC(=O)O)cc1. The summed E-state index contributed by atoms with van der Waals surface area (Å²) in [6.07, 6.45) is 18.6. The van der Waals surface area contributed by atoms with Crippen LogP contribution < -0.4 is 0 Å². The van der Waals surface area contributed by atoms with E-state index >= 15 is 0 Å². The van der Waals surface area contributed by atoms with Crippen molar-refractivity contribution in [2.75, 3.05) is 6.61 Å². The van der Waals surface area contributed by atoms with Crippen LogP contribution in [-0.4, -0.2) is 26.1 Å². The van der Waals surface area contributed by atoms with E-state index in [-0.39, 0.29) is 17.9 Å². The Kier molecular flexibility index (Phi) is 13.8. The number of allylic oxidation sites excluding steroid dienone is 4. The van der Waals surface area contributed by atoms with Gasteiger partial charge in [-0.1, -0.05) is 61.3 Å². The fourth-order valence-corrected chi connectivity index (χ4v) is 3.82. The molecule has 0 saturated heterocycles. The molecule has 5 nitrogen and oxygen atoms in total. The Bertz CT molecular complexity index is 748. The van der Waals surface area contributed by atoms with E-state index in [9.17, 15) is 13.2 Å². The van der Waals surface area contributed by atoms with Crippen LogP contribution in [0, 0.1) is 6.92 Å². The van der Waals surface area contributed by atoms with Gasteiger partial charge in [-0.05, 0) is 64.0 Å². The van der Waals surface area contributed by atoms with Gasteiger partial charge in [0.25, 0.3) is 10.1 Å². The fraction of sp³-hybridized carbons (Fsp3) is 0.542. The molecule has 0 saturated carbocycles. The third kappa shape index (κ3) is 13.3. The maximum atomic E-state index is 12.1. The molecule has 0 spiro atoms. The lowest BCUT2D eigenvalue weighted by Gasteiger charge is -2.05. The molecule has 6 heteroatoms. The van der Waals surface area contributed by atoms with Crippen molar-refractivity contribution in [3.63, 3.8) is 0 Å². The highest BCUT2D eigenvalue weighted by Gasteiger charge is 2.14. The van der Waals surface area contributed by atoms with Gasteiger partial charge in [0, 0.05) is 6.42 Å². The lowest BCUT2D eigenvalue weighted by molar-refractivity contribution is -0.137.